The molecule has 0 saturated carbocycles. The number of ketones is 1. The molecule has 1 aromatic rings. The van der Waals surface area contributed by atoms with Crippen LogP contribution in [0.3, 0.4) is 0 Å². The maximum absolute atomic E-state index is 11.8. The van der Waals surface area contributed by atoms with Gasteiger partial charge in [0.15, 0.2) is 0 Å². The summed E-state index contributed by atoms with van der Waals surface area (Å²) in [7, 11) is 0. The Morgan fingerprint density at radius 3 is 2.18 bits per heavy atom. The molecule has 0 spiro atoms. The van der Waals surface area contributed by atoms with Crippen LogP contribution in [0.5, 0.6) is 0 Å². The minimum atomic E-state index is -0.362. The fraction of sp³-hybridized carbons (Fsp3) is 0.533. The molecule has 94 valence electrons. The van der Waals surface area contributed by atoms with Crippen LogP contribution in [0.1, 0.15) is 37.0 Å². The molecule has 0 bridgehead atoms. The van der Waals surface area contributed by atoms with Crippen molar-refractivity contribution < 1.29 is 4.79 Å². The summed E-state index contributed by atoms with van der Waals surface area (Å²) in [6.07, 6.45) is 1.22. The SMILES string of the molecule is Cc1cc(C)cc(CC(N)C(=O)CC(C)C)c1. The van der Waals surface area contributed by atoms with E-state index < -0.39 is 0 Å². The number of hydrogen-bond acceptors (Lipinski definition) is 2. The van der Waals surface area contributed by atoms with Crippen LogP contribution >= 0.6 is 0 Å². The van der Waals surface area contributed by atoms with Crippen LogP contribution in [-0.4, -0.2) is 11.8 Å². The van der Waals surface area contributed by atoms with Gasteiger partial charge in [0.25, 0.3) is 0 Å². The van der Waals surface area contributed by atoms with E-state index in [1.165, 1.54) is 11.1 Å². The van der Waals surface area contributed by atoms with E-state index >= 15 is 0 Å². The minimum Gasteiger partial charge on any atom is -0.321 e. The van der Waals surface area contributed by atoms with E-state index in [1.54, 1.807) is 0 Å². The molecule has 0 heterocycles. The molecule has 1 atom stereocenters. The second-order valence-electron chi connectivity index (χ2n) is 5.37. The number of nitrogens with two attached hydrogens (primary N) is 1. The zero-order chi connectivity index (χ0) is 13.0. The lowest BCUT2D eigenvalue weighted by atomic mass is 9.95. The van der Waals surface area contributed by atoms with Crippen molar-refractivity contribution in [3.8, 4) is 0 Å². The normalized spacial score (nSPS) is 12.8. The lowest BCUT2D eigenvalue weighted by Gasteiger charge is -2.13. The van der Waals surface area contributed by atoms with Crippen LogP contribution in [0, 0.1) is 19.8 Å². The average molecular weight is 233 g/mol. The Labute approximate surface area is 104 Å². The minimum absolute atomic E-state index is 0.166. The molecule has 1 aromatic carbocycles. The molecule has 1 rings (SSSR count). The molecule has 0 radical (unpaired) electrons. The summed E-state index contributed by atoms with van der Waals surface area (Å²) < 4.78 is 0. The molecule has 0 fully saturated rings. The van der Waals surface area contributed by atoms with Gasteiger partial charge in [0.1, 0.15) is 5.78 Å². The lowest BCUT2D eigenvalue weighted by Crippen LogP contribution is -2.33. The van der Waals surface area contributed by atoms with Crippen LogP contribution in [0.15, 0.2) is 18.2 Å². The summed E-state index contributed by atoms with van der Waals surface area (Å²) in [4.78, 5) is 11.8. The number of hydrogen-bond donors (Lipinski definition) is 1. The highest BCUT2D eigenvalue weighted by atomic mass is 16.1. The second kappa shape index (κ2) is 5.97. The van der Waals surface area contributed by atoms with Crippen molar-refractivity contribution in [2.75, 3.05) is 0 Å². The van der Waals surface area contributed by atoms with Gasteiger partial charge in [-0.3, -0.25) is 4.79 Å². The number of carbonyl (C=O) groups excluding carboxylic acids is 1. The number of rotatable bonds is 5. The van der Waals surface area contributed by atoms with Crippen LogP contribution in [0.4, 0.5) is 0 Å². The molecule has 0 aliphatic rings. The van der Waals surface area contributed by atoms with Crippen molar-refractivity contribution in [1.82, 2.24) is 0 Å². The van der Waals surface area contributed by atoms with E-state index in [9.17, 15) is 4.79 Å². The largest absolute Gasteiger partial charge is 0.321 e. The van der Waals surface area contributed by atoms with Gasteiger partial charge in [-0.05, 0) is 31.7 Å². The highest BCUT2D eigenvalue weighted by Gasteiger charge is 2.15. The third kappa shape index (κ3) is 4.70. The Kier molecular flexibility index (Phi) is 4.88. The van der Waals surface area contributed by atoms with Crippen molar-refractivity contribution in [3.63, 3.8) is 0 Å². The van der Waals surface area contributed by atoms with Gasteiger partial charge in [0.2, 0.25) is 0 Å². The van der Waals surface area contributed by atoms with Crippen LogP contribution in [0.2, 0.25) is 0 Å². The average Bonchev–Trinajstić information content (AvgIpc) is 2.14. The summed E-state index contributed by atoms with van der Waals surface area (Å²) in [6.45, 7) is 8.22. The fourth-order valence-electron chi connectivity index (χ4n) is 2.11. The monoisotopic (exact) mass is 233 g/mol. The Bertz CT molecular complexity index is 376. The van der Waals surface area contributed by atoms with Crippen LogP contribution < -0.4 is 5.73 Å². The van der Waals surface area contributed by atoms with Gasteiger partial charge >= 0.3 is 0 Å². The lowest BCUT2D eigenvalue weighted by molar-refractivity contribution is -0.120. The topological polar surface area (TPSA) is 43.1 Å². The molecule has 0 aromatic heterocycles. The van der Waals surface area contributed by atoms with Gasteiger partial charge in [-0.25, -0.2) is 0 Å². The summed E-state index contributed by atoms with van der Waals surface area (Å²) in [5, 5.41) is 0. The van der Waals surface area contributed by atoms with Crippen LogP contribution in [-0.2, 0) is 11.2 Å². The van der Waals surface area contributed by atoms with Gasteiger partial charge in [0.05, 0.1) is 6.04 Å². The first-order valence-corrected chi connectivity index (χ1v) is 6.24. The summed E-state index contributed by atoms with van der Waals surface area (Å²) in [5.41, 5.74) is 9.56. The standard InChI is InChI=1S/C15H23NO/c1-10(2)5-15(17)14(16)9-13-7-11(3)6-12(4)8-13/h6-8,10,14H,5,9,16H2,1-4H3. The Morgan fingerprint density at radius 1 is 1.18 bits per heavy atom. The molecule has 0 aliphatic carbocycles. The van der Waals surface area contributed by atoms with Crippen molar-refractivity contribution in [3.05, 3.63) is 34.9 Å². The first-order valence-electron chi connectivity index (χ1n) is 6.24. The van der Waals surface area contributed by atoms with Gasteiger partial charge in [-0.15, -0.1) is 0 Å². The smallest absolute Gasteiger partial charge is 0.150 e. The Morgan fingerprint density at radius 2 is 1.71 bits per heavy atom. The first kappa shape index (κ1) is 13.9. The molecule has 1 unspecified atom stereocenters. The zero-order valence-corrected chi connectivity index (χ0v) is 11.3. The van der Waals surface area contributed by atoms with Gasteiger partial charge in [0, 0.05) is 6.42 Å². The van der Waals surface area contributed by atoms with Crippen molar-refractivity contribution in [1.29, 1.82) is 0 Å². The predicted octanol–water partition coefficient (Wildman–Crippen LogP) is 2.79. The summed E-state index contributed by atoms with van der Waals surface area (Å²) >= 11 is 0. The van der Waals surface area contributed by atoms with Gasteiger partial charge in [-0.1, -0.05) is 43.2 Å². The number of aryl methyl sites for hydroxylation is 2. The fourth-order valence-corrected chi connectivity index (χ4v) is 2.11. The highest BCUT2D eigenvalue weighted by molar-refractivity contribution is 5.84. The van der Waals surface area contributed by atoms with E-state index in [0.29, 0.717) is 18.8 Å². The molecule has 2 nitrogen and oxygen atoms in total. The van der Waals surface area contributed by atoms with E-state index in [4.69, 9.17) is 5.73 Å². The Hall–Kier alpha value is -1.15. The van der Waals surface area contributed by atoms with Gasteiger partial charge in [-0.2, -0.15) is 0 Å². The maximum Gasteiger partial charge on any atom is 0.150 e. The van der Waals surface area contributed by atoms with Crippen LogP contribution in [0.25, 0.3) is 0 Å². The number of carbonyl (C=O) groups is 1. The highest BCUT2D eigenvalue weighted by Crippen LogP contribution is 2.12. The van der Waals surface area contributed by atoms with E-state index in [-0.39, 0.29) is 11.8 Å². The molecule has 0 amide bonds. The molecular weight excluding hydrogens is 210 g/mol. The number of Topliss-reactive ketones (excluding diaryl/α,β-unsaturated/α-hetero) is 1. The molecule has 2 heteroatoms. The summed E-state index contributed by atoms with van der Waals surface area (Å²) in [5.74, 6) is 0.548. The first-order chi connectivity index (χ1) is 7.88. The molecule has 0 saturated heterocycles. The second-order valence-corrected chi connectivity index (χ2v) is 5.37. The zero-order valence-electron chi connectivity index (χ0n) is 11.3. The van der Waals surface area contributed by atoms with E-state index in [2.05, 4.69) is 32.0 Å². The molecule has 17 heavy (non-hydrogen) atoms. The molecule has 0 aliphatic heterocycles. The molecular formula is C15H23NO. The predicted molar refractivity (Wildman–Crippen MR) is 72.1 cm³/mol. The number of benzene rings is 1. The van der Waals surface area contributed by atoms with Crippen molar-refractivity contribution in [2.24, 2.45) is 11.7 Å². The van der Waals surface area contributed by atoms with E-state index in [1.807, 2.05) is 13.8 Å². The third-order valence-electron chi connectivity index (χ3n) is 2.76. The van der Waals surface area contributed by atoms with Crippen molar-refractivity contribution >= 4 is 5.78 Å². The maximum atomic E-state index is 11.8. The third-order valence-corrected chi connectivity index (χ3v) is 2.76. The van der Waals surface area contributed by atoms with Crippen molar-refractivity contribution in [2.45, 2.75) is 46.6 Å². The quantitative estimate of drug-likeness (QED) is 0.849. The summed E-state index contributed by atoms with van der Waals surface area (Å²) in [6, 6.07) is 5.98. The molecule has 2 N–H and O–H groups in total. The van der Waals surface area contributed by atoms with E-state index in [0.717, 1.165) is 5.56 Å². The Balaban J connectivity index is 2.67. The van der Waals surface area contributed by atoms with Gasteiger partial charge < -0.3 is 5.73 Å².